The molecule has 0 bridgehead atoms. The molecule has 1 atom stereocenters. The summed E-state index contributed by atoms with van der Waals surface area (Å²) in [6, 6.07) is 0.374. The quantitative estimate of drug-likeness (QED) is 0.773. The van der Waals surface area contributed by atoms with Crippen LogP contribution in [-0.2, 0) is 9.84 Å². The Balaban J connectivity index is 2.46. The summed E-state index contributed by atoms with van der Waals surface area (Å²) in [5.74, 6) is -3.58. The van der Waals surface area contributed by atoms with Crippen molar-refractivity contribution in [1.29, 1.82) is 0 Å². The number of halogens is 3. The lowest BCUT2D eigenvalue weighted by Crippen LogP contribution is -2.47. The first-order valence-corrected chi connectivity index (χ1v) is 8.46. The second-order valence-electron chi connectivity index (χ2n) is 4.12. The first kappa shape index (κ1) is 14.4. The van der Waals surface area contributed by atoms with Crippen molar-refractivity contribution in [3.05, 3.63) is 23.6 Å². The van der Waals surface area contributed by atoms with Crippen LogP contribution in [0.5, 0.6) is 0 Å². The van der Waals surface area contributed by atoms with E-state index in [1.54, 1.807) is 0 Å². The Morgan fingerprint density at radius 1 is 1.37 bits per heavy atom. The third-order valence-electron chi connectivity index (χ3n) is 2.72. The number of sulfone groups is 1. The van der Waals surface area contributed by atoms with Crippen molar-refractivity contribution in [2.24, 2.45) is 0 Å². The fourth-order valence-corrected chi connectivity index (χ4v) is 4.63. The highest BCUT2D eigenvalue weighted by atomic mass is 32.2. The normalized spacial score (nSPS) is 20.6. The van der Waals surface area contributed by atoms with Crippen molar-refractivity contribution in [2.75, 3.05) is 29.2 Å². The zero-order valence-electron chi connectivity index (χ0n) is 9.94. The van der Waals surface area contributed by atoms with Gasteiger partial charge in [-0.25, -0.2) is 17.2 Å². The summed E-state index contributed by atoms with van der Waals surface area (Å²) in [5, 5.41) is -0.988. The highest BCUT2D eigenvalue weighted by Gasteiger charge is 2.34. The molecule has 0 radical (unpaired) electrons. The third-order valence-corrected chi connectivity index (χ3v) is 5.36. The molecule has 0 aliphatic carbocycles. The van der Waals surface area contributed by atoms with Crippen LogP contribution in [0.3, 0.4) is 0 Å². The summed E-state index contributed by atoms with van der Waals surface area (Å²) in [7, 11) is -3.48. The van der Waals surface area contributed by atoms with Crippen LogP contribution < -0.4 is 4.90 Å². The van der Waals surface area contributed by atoms with Crippen LogP contribution in [0, 0.1) is 17.6 Å². The first-order chi connectivity index (χ1) is 8.80. The van der Waals surface area contributed by atoms with E-state index in [9.17, 15) is 21.6 Å². The van der Waals surface area contributed by atoms with Crippen LogP contribution in [-0.4, -0.2) is 43.1 Å². The molecule has 106 valence electrons. The summed E-state index contributed by atoms with van der Waals surface area (Å²) in [4.78, 5) is 4.37. The third kappa shape index (κ3) is 2.97. The summed E-state index contributed by atoms with van der Waals surface area (Å²) >= 11 is 1.40. The Hall–Kier alpha value is -0.960. The molecule has 0 aromatic carbocycles. The predicted octanol–water partition coefficient (Wildman–Crippen LogP) is 1.42. The Morgan fingerprint density at radius 2 is 2.05 bits per heavy atom. The highest BCUT2D eigenvalue weighted by molar-refractivity contribution is 8.01. The van der Waals surface area contributed by atoms with Gasteiger partial charge in [0.25, 0.3) is 5.95 Å². The standard InChI is InChI=1S/C10H11F3N2O2S2/c1-19(16,17)8-5-18-3-2-15(8)10-7(12)4-6(11)9(13)14-10/h4,8H,2-3,5H2,1H3. The highest BCUT2D eigenvalue weighted by Crippen LogP contribution is 2.28. The fourth-order valence-electron chi connectivity index (χ4n) is 1.81. The Bertz CT molecular complexity index is 595. The Morgan fingerprint density at radius 3 is 2.68 bits per heavy atom. The van der Waals surface area contributed by atoms with Crippen molar-refractivity contribution < 1.29 is 21.6 Å². The van der Waals surface area contributed by atoms with Gasteiger partial charge < -0.3 is 4.90 Å². The molecule has 0 spiro atoms. The van der Waals surface area contributed by atoms with Gasteiger partial charge in [0.05, 0.1) is 0 Å². The number of thioether (sulfide) groups is 1. The van der Waals surface area contributed by atoms with E-state index in [2.05, 4.69) is 4.98 Å². The van der Waals surface area contributed by atoms with E-state index in [-0.39, 0.29) is 12.3 Å². The van der Waals surface area contributed by atoms with Gasteiger partial charge in [0.15, 0.2) is 27.3 Å². The van der Waals surface area contributed by atoms with Crippen LogP contribution in [0.4, 0.5) is 19.0 Å². The van der Waals surface area contributed by atoms with Gasteiger partial charge in [-0.15, -0.1) is 0 Å². The van der Waals surface area contributed by atoms with Crippen LogP contribution in [0.25, 0.3) is 0 Å². The van der Waals surface area contributed by atoms with E-state index in [1.165, 1.54) is 16.7 Å². The lowest BCUT2D eigenvalue weighted by molar-refractivity contribution is 0.462. The van der Waals surface area contributed by atoms with Crippen molar-refractivity contribution >= 4 is 27.4 Å². The minimum atomic E-state index is -3.48. The first-order valence-electron chi connectivity index (χ1n) is 5.35. The van der Waals surface area contributed by atoms with Gasteiger partial charge in [0.2, 0.25) is 0 Å². The van der Waals surface area contributed by atoms with Gasteiger partial charge in [-0.1, -0.05) is 0 Å². The molecule has 1 aliphatic heterocycles. The number of pyridine rings is 1. The molecule has 1 aliphatic rings. The van der Waals surface area contributed by atoms with Crippen molar-refractivity contribution in [1.82, 2.24) is 4.98 Å². The summed E-state index contributed by atoms with van der Waals surface area (Å²) in [5.41, 5.74) is 0. The largest absolute Gasteiger partial charge is 0.336 e. The van der Waals surface area contributed by atoms with Gasteiger partial charge in [0.1, 0.15) is 5.37 Å². The van der Waals surface area contributed by atoms with Crippen LogP contribution in [0.1, 0.15) is 0 Å². The maximum atomic E-state index is 13.7. The predicted molar refractivity (Wildman–Crippen MR) is 67.4 cm³/mol. The molecule has 0 amide bonds. The van der Waals surface area contributed by atoms with Crippen molar-refractivity contribution in [3.8, 4) is 0 Å². The van der Waals surface area contributed by atoms with Crippen molar-refractivity contribution in [3.63, 3.8) is 0 Å². The maximum Gasteiger partial charge on any atom is 0.251 e. The average Bonchev–Trinajstić information content (AvgIpc) is 2.33. The number of aromatic nitrogens is 1. The molecule has 1 fully saturated rings. The molecular formula is C10H11F3N2O2S2. The van der Waals surface area contributed by atoms with Crippen LogP contribution in [0.15, 0.2) is 6.07 Å². The summed E-state index contributed by atoms with van der Waals surface area (Å²) in [6.45, 7) is 0.206. The second kappa shape index (κ2) is 5.20. The lowest BCUT2D eigenvalue weighted by atomic mass is 10.3. The second-order valence-corrected chi connectivity index (χ2v) is 7.47. The number of anilines is 1. The zero-order chi connectivity index (χ0) is 14.2. The maximum absolute atomic E-state index is 13.7. The number of hydrogen-bond donors (Lipinski definition) is 0. The number of hydrogen-bond acceptors (Lipinski definition) is 5. The van der Waals surface area contributed by atoms with Crippen molar-refractivity contribution in [2.45, 2.75) is 5.37 Å². The molecule has 1 aromatic heterocycles. The monoisotopic (exact) mass is 312 g/mol. The molecule has 1 saturated heterocycles. The molecule has 9 heteroatoms. The van der Waals surface area contributed by atoms with Gasteiger partial charge in [0, 0.05) is 30.4 Å². The molecule has 2 heterocycles. The van der Waals surface area contributed by atoms with E-state index in [1.807, 2.05) is 0 Å². The van der Waals surface area contributed by atoms with E-state index in [4.69, 9.17) is 0 Å². The van der Waals surface area contributed by atoms with E-state index >= 15 is 0 Å². The molecule has 19 heavy (non-hydrogen) atoms. The summed E-state index contributed by atoms with van der Waals surface area (Å²) < 4.78 is 62.9. The van der Waals surface area contributed by atoms with E-state index in [0.29, 0.717) is 11.8 Å². The topological polar surface area (TPSA) is 50.3 Å². The van der Waals surface area contributed by atoms with Gasteiger partial charge >= 0.3 is 0 Å². The molecule has 2 rings (SSSR count). The zero-order valence-corrected chi connectivity index (χ0v) is 11.6. The molecule has 1 aromatic rings. The Kier molecular flexibility index (Phi) is 3.95. The summed E-state index contributed by atoms with van der Waals surface area (Å²) in [6.07, 6.45) is 1.02. The minimum Gasteiger partial charge on any atom is -0.336 e. The van der Waals surface area contributed by atoms with Gasteiger partial charge in [-0.05, 0) is 0 Å². The SMILES string of the molecule is CS(=O)(=O)C1CSCCN1c1nc(F)c(F)cc1F. The van der Waals surface area contributed by atoms with E-state index < -0.39 is 38.6 Å². The van der Waals surface area contributed by atoms with Crippen LogP contribution in [0.2, 0.25) is 0 Å². The molecular weight excluding hydrogens is 301 g/mol. The molecule has 0 N–H and O–H groups in total. The fraction of sp³-hybridized carbons (Fsp3) is 0.500. The minimum absolute atomic E-state index is 0.206. The Labute approximate surface area is 112 Å². The number of nitrogens with zero attached hydrogens (tertiary/aromatic N) is 2. The smallest absolute Gasteiger partial charge is 0.251 e. The van der Waals surface area contributed by atoms with Gasteiger partial charge in [-0.3, -0.25) is 0 Å². The molecule has 4 nitrogen and oxygen atoms in total. The molecule has 0 saturated carbocycles. The average molecular weight is 312 g/mol. The molecule has 1 unspecified atom stereocenters. The number of rotatable bonds is 2. The van der Waals surface area contributed by atoms with Crippen LogP contribution >= 0.6 is 11.8 Å². The lowest BCUT2D eigenvalue weighted by Gasteiger charge is -2.34. The van der Waals surface area contributed by atoms with E-state index in [0.717, 1.165) is 6.26 Å². The van der Waals surface area contributed by atoms with Gasteiger partial charge in [-0.2, -0.15) is 21.1 Å².